The Bertz CT molecular complexity index is 370. The van der Waals surface area contributed by atoms with Gasteiger partial charge in [0.2, 0.25) is 0 Å². The maximum Gasteiger partial charge on any atom is 0.132 e. The van der Waals surface area contributed by atoms with Gasteiger partial charge in [-0.2, -0.15) is 0 Å². The van der Waals surface area contributed by atoms with Crippen LogP contribution in [0.1, 0.15) is 56.1 Å². The first-order valence-electron chi connectivity index (χ1n) is 6.37. The SMILES string of the molecule is CCCNc1nc(CC)nc(C2CC2)c1C. The van der Waals surface area contributed by atoms with Crippen LogP contribution >= 0.6 is 0 Å². The highest BCUT2D eigenvalue weighted by Gasteiger charge is 2.28. The van der Waals surface area contributed by atoms with Crippen LogP contribution in [0.4, 0.5) is 5.82 Å². The Labute approximate surface area is 97.7 Å². The molecule has 0 aromatic carbocycles. The van der Waals surface area contributed by atoms with Crippen LogP contribution in [-0.2, 0) is 6.42 Å². The molecule has 1 aliphatic rings. The molecule has 1 heterocycles. The van der Waals surface area contributed by atoms with Crippen molar-refractivity contribution in [2.75, 3.05) is 11.9 Å². The minimum Gasteiger partial charge on any atom is -0.370 e. The van der Waals surface area contributed by atoms with E-state index in [-0.39, 0.29) is 0 Å². The van der Waals surface area contributed by atoms with E-state index < -0.39 is 0 Å². The van der Waals surface area contributed by atoms with Gasteiger partial charge in [-0.3, -0.25) is 0 Å². The predicted molar refractivity (Wildman–Crippen MR) is 66.9 cm³/mol. The van der Waals surface area contributed by atoms with Crippen molar-refractivity contribution >= 4 is 5.82 Å². The standard InChI is InChI=1S/C13H21N3/c1-4-8-14-13-9(3)12(10-6-7-10)15-11(5-2)16-13/h10H,4-8H2,1-3H3,(H,14,15,16). The van der Waals surface area contributed by atoms with Crippen molar-refractivity contribution in [3.63, 3.8) is 0 Å². The highest BCUT2D eigenvalue weighted by atomic mass is 15.0. The quantitative estimate of drug-likeness (QED) is 0.827. The Hall–Kier alpha value is -1.12. The number of rotatable bonds is 5. The second-order valence-corrected chi connectivity index (χ2v) is 4.55. The van der Waals surface area contributed by atoms with E-state index in [2.05, 4.69) is 36.1 Å². The fourth-order valence-electron chi connectivity index (χ4n) is 1.91. The zero-order valence-electron chi connectivity index (χ0n) is 10.5. The smallest absolute Gasteiger partial charge is 0.132 e. The minimum absolute atomic E-state index is 0.704. The molecule has 0 spiro atoms. The Balaban J connectivity index is 2.30. The number of nitrogens with zero attached hydrogens (tertiary/aromatic N) is 2. The van der Waals surface area contributed by atoms with Gasteiger partial charge in [-0.25, -0.2) is 9.97 Å². The first-order chi connectivity index (χ1) is 7.76. The number of anilines is 1. The molecular formula is C13H21N3. The van der Waals surface area contributed by atoms with Gasteiger partial charge in [0.25, 0.3) is 0 Å². The molecule has 1 saturated carbocycles. The zero-order valence-corrected chi connectivity index (χ0v) is 10.5. The maximum absolute atomic E-state index is 4.67. The highest BCUT2D eigenvalue weighted by molar-refractivity contribution is 5.47. The molecule has 1 aromatic rings. The Kier molecular flexibility index (Phi) is 3.42. The van der Waals surface area contributed by atoms with Gasteiger partial charge in [0, 0.05) is 24.4 Å². The lowest BCUT2D eigenvalue weighted by molar-refractivity contribution is 0.859. The van der Waals surface area contributed by atoms with Crippen molar-refractivity contribution in [1.82, 2.24) is 9.97 Å². The summed E-state index contributed by atoms with van der Waals surface area (Å²) in [6, 6.07) is 0. The van der Waals surface area contributed by atoms with Crippen molar-refractivity contribution in [1.29, 1.82) is 0 Å². The third-order valence-electron chi connectivity index (χ3n) is 3.05. The average Bonchev–Trinajstić information content (AvgIpc) is 3.11. The number of hydrogen-bond donors (Lipinski definition) is 1. The number of hydrogen-bond acceptors (Lipinski definition) is 3. The summed E-state index contributed by atoms with van der Waals surface area (Å²) in [6.45, 7) is 7.42. The van der Waals surface area contributed by atoms with Crippen LogP contribution in [0.2, 0.25) is 0 Å². The van der Waals surface area contributed by atoms with E-state index in [0.717, 1.165) is 31.0 Å². The van der Waals surface area contributed by atoms with Crippen LogP contribution in [-0.4, -0.2) is 16.5 Å². The van der Waals surface area contributed by atoms with Crippen LogP contribution in [0.15, 0.2) is 0 Å². The summed E-state index contributed by atoms with van der Waals surface area (Å²) in [6.07, 6.45) is 4.65. The molecule has 3 heteroatoms. The molecule has 0 saturated heterocycles. The van der Waals surface area contributed by atoms with Gasteiger partial charge in [0.05, 0.1) is 5.69 Å². The average molecular weight is 219 g/mol. The summed E-state index contributed by atoms with van der Waals surface area (Å²) in [5.74, 6) is 2.73. The van der Waals surface area contributed by atoms with E-state index in [1.165, 1.54) is 24.1 Å². The minimum atomic E-state index is 0.704. The molecule has 88 valence electrons. The van der Waals surface area contributed by atoms with Gasteiger partial charge < -0.3 is 5.32 Å². The molecule has 0 aliphatic heterocycles. The van der Waals surface area contributed by atoms with Gasteiger partial charge in [0.1, 0.15) is 11.6 Å². The van der Waals surface area contributed by atoms with E-state index in [0.29, 0.717) is 5.92 Å². The fraction of sp³-hybridized carbons (Fsp3) is 0.692. The number of aromatic nitrogens is 2. The van der Waals surface area contributed by atoms with E-state index in [4.69, 9.17) is 0 Å². The molecule has 0 bridgehead atoms. The fourth-order valence-corrected chi connectivity index (χ4v) is 1.91. The molecular weight excluding hydrogens is 198 g/mol. The van der Waals surface area contributed by atoms with Crippen molar-refractivity contribution in [3.8, 4) is 0 Å². The summed E-state index contributed by atoms with van der Waals surface area (Å²) in [4.78, 5) is 9.25. The molecule has 0 radical (unpaired) electrons. The van der Waals surface area contributed by atoms with Gasteiger partial charge in [0.15, 0.2) is 0 Å². The topological polar surface area (TPSA) is 37.8 Å². The van der Waals surface area contributed by atoms with E-state index >= 15 is 0 Å². The maximum atomic E-state index is 4.67. The largest absolute Gasteiger partial charge is 0.370 e. The van der Waals surface area contributed by atoms with Crippen LogP contribution in [0.3, 0.4) is 0 Å². The third-order valence-corrected chi connectivity index (χ3v) is 3.05. The van der Waals surface area contributed by atoms with Gasteiger partial charge in [-0.05, 0) is 26.2 Å². The zero-order chi connectivity index (χ0) is 11.5. The summed E-state index contributed by atoms with van der Waals surface area (Å²) in [5, 5.41) is 3.41. The van der Waals surface area contributed by atoms with Crippen LogP contribution in [0.5, 0.6) is 0 Å². The summed E-state index contributed by atoms with van der Waals surface area (Å²) in [5.41, 5.74) is 2.54. The molecule has 2 rings (SSSR count). The van der Waals surface area contributed by atoms with E-state index in [9.17, 15) is 0 Å². The molecule has 0 unspecified atom stereocenters. The van der Waals surface area contributed by atoms with Gasteiger partial charge in [-0.15, -0.1) is 0 Å². The van der Waals surface area contributed by atoms with Gasteiger partial charge >= 0.3 is 0 Å². The molecule has 0 atom stereocenters. The molecule has 1 aliphatic carbocycles. The highest BCUT2D eigenvalue weighted by Crippen LogP contribution is 2.41. The monoisotopic (exact) mass is 219 g/mol. The van der Waals surface area contributed by atoms with Crippen LogP contribution < -0.4 is 5.32 Å². The third kappa shape index (κ3) is 2.34. The first kappa shape index (κ1) is 11.4. The second kappa shape index (κ2) is 4.81. The van der Waals surface area contributed by atoms with E-state index in [1.54, 1.807) is 0 Å². The van der Waals surface area contributed by atoms with Crippen LogP contribution in [0.25, 0.3) is 0 Å². The molecule has 3 nitrogen and oxygen atoms in total. The lowest BCUT2D eigenvalue weighted by atomic mass is 10.1. The number of nitrogens with one attached hydrogen (secondary N) is 1. The molecule has 0 amide bonds. The summed E-state index contributed by atoms with van der Waals surface area (Å²) < 4.78 is 0. The van der Waals surface area contributed by atoms with Crippen molar-refractivity contribution in [2.45, 2.75) is 52.4 Å². The molecule has 1 aromatic heterocycles. The lowest BCUT2D eigenvalue weighted by Crippen LogP contribution is -2.09. The molecule has 1 fully saturated rings. The van der Waals surface area contributed by atoms with Crippen LogP contribution in [0, 0.1) is 6.92 Å². The number of aryl methyl sites for hydroxylation is 1. The Morgan fingerprint density at radius 1 is 1.25 bits per heavy atom. The lowest BCUT2D eigenvalue weighted by Gasteiger charge is -2.12. The summed E-state index contributed by atoms with van der Waals surface area (Å²) >= 11 is 0. The molecule has 1 N–H and O–H groups in total. The van der Waals surface area contributed by atoms with Crippen molar-refractivity contribution in [3.05, 3.63) is 17.1 Å². The van der Waals surface area contributed by atoms with Gasteiger partial charge in [-0.1, -0.05) is 13.8 Å². The van der Waals surface area contributed by atoms with E-state index in [1.807, 2.05) is 0 Å². The normalized spacial score (nSPS) is 15.2. The Morgan fingerprint density at radius 2 is 2.00 bits per heavy atom. The molecule has 16 heavy (non-hydrogen) atoms. The summed E-state index contributed by atoms with van der Waals surface area (Å²) in [7, 11) is 0. The predicted octanol–water partition coefficient (Wildman–Crippen LogP) is 3.05. The van der Waals surface area contributed by atoms with Crippen molar-refractivity contribution in [2.24, 2.45) is 0 Å². The first-order valence-corrected chi connectivity index (χ1v) is 6.37. The van der Waals surface area contributed by atoms with Crippen molar-refractivity contribution < 1.29 is 0 Å². The second-order valence-electron chi connectivity index (χ2n) is 4.55. The Morgan fingerprint density at radius 3 is 2.56 bits per heavy atom.